The summed E-state index contributed by atoms with van der Waals surface area (Å²) in [5, 5.41) is 0.164. The van der Waals surface area contributed by atoms with Crippen LogP contribution in [-0.2, 0) is 14.3 Å². The van der Waals surface area contributed by atoms with Gasteiger partial charge in [0.15, 0.2) is 6.10 Å². The standard InChI is InChI=1S/C23H27ClN2O4S/c1-5-25(3)12-13-26-19-11-8-17(24)14-20(19)31-22(21(23(26)28)30-15(2)27)16-6-9-18(29-4)10-7-16/h6-11,14,21-22H,5,12-13H2,1-4H3. The number of nitrogens with zero attached hydrogens (tertiary/aromatic N) is 2. The van der Waals surface area contributed by atoms with Crippen molar-refractivity contribution in [3.05, 3.63) is 53.1 Å². The molecular weight excluding hydrogens is 436 g/mol. The number of anilines is 1. The molecule has 8 heteroatoms. The molecule has 0 aliphatic carbocycles. The summed E-state index contributed by atoms with van der Waals surface area (Å²) in [6, 6.07) is 13.0. The van der Waals surface area contributed by atoms with Crippen LogP contribution in [0.4, 0.5) is 5.69 Å². The molecule has 166 valence electrons. The van der Waals surface area contributed by atoms with Gasteiger partial charge in [-0.2, -0.15) is 0 Å². The minimum atomic E-state index is -0.964. The van der Waals surface area contributed by atoms with Crippen molar-refractivity contribution in [3.8, 4) is 5.75 Å². The Bertz CT molecular complexity index is 938. The molecule has 0 bridgehead atoms. The van der Waals surface area contributed by atoms with Gasteiger partial charge >= 0.3 is 5.97 Å². The lowest BCUT2D eigenvalue weighted by atomic mass is 10.1. The first kappa shape index (κ1) is 23.4. The molecule has 0 N–H and O–H groups in total. The third kappa shape index (κ3) is 5.53. The van der Waals surface area contributed by atoms with Crippen LogP contribution in [0, 0.1) is 0 Å². The van der Waals surface area contributed by atoms with Gasteiger partial charge in [0.1, 0.15) is 5.75 Å². The molecule has 0 saturated heterocycles. The number of hydrogen-bond acceptors (Lipinski definition) is 6. The first-order valence-electron chi connectivity index (χ1n) is 10.1. The fourth-order valence-electron chi connectivity index (χ4n) is 3.39. The summed E-state index contributed by atoms with van der Waals surface area (Å²) in [7, 11) is 3.60. The molecule has 1 aliphatic heterocycles. The van der Waals surface area contributed by atoms with E-state index in [2.05, 4.69) is 11.8 Å². The van der Waals surface area contributed by atoms with Gasteiger partial charge in [-0.1, -0.05) is 30.7 Å². The van der Waals surface area contributed by atoms with E-state index in [-0.39, 0.29) is 5.91 Å². The third-order valence-corrected chi connectivity index (χ3v) is 6.82. The van der Waals surface area contributed by atoms with Gasteiger partial charge in [0.2, 0.25) is 0 Å². The maximum atomic E-state index is 13.7. The quantitative estimate of drug-likeness (QED) is 0.568. The second-order valence-electron chi connectivity index (χ2n) is 7.34. The van der Waals surface area contributed by atoms with E-state index in [1.807, 2.05) is 43.4 Å². The number of benzene rings is 2. The van der Waals surface area contributed by atoms with Gasteiger partial charge in [-0.25, -0.2) is 0 Å². The predicted molar refractivity (Wildman–Crippen MR) is 124 cm³/mol. The molecule has 0 fully saturated rings. The van der Waals surface area contributed by atoms with Crippen LogP contribution < -0.4 is 9.64 Å². The summed E-state index contributed by atoms with van der Waals surface area (Å²) in [5.74, 6) is -0.0217. The summed E-state index contributed by atoms with van der Waals surface area (Å²) in [6.45, 7) is 5.43. The van der Waals surface area contributed by atoms with Crippen molar-refractivity contribution in [2.75, 3.05) is 38.7 Å². The van der Waals surface area contributed by atoms with Crippen LogP contribution in [-0.4, -0.2) is 56.7 Å². The zero-order chi connectivity index (χ0) is 22.5. The maximum Gasteiger partial charge on any atom is 0.303 e. The van der Waals surface area contributed by atoms with Gasteiger partial charge in [-0.3, -0.25) is 9.59 Å². The summed E-state index contributed by atoms with van der Waals surface area (Å²) in [6.07, 6.45) is -0.964. The van der Waals surface area contributed by atoms with Crippen LogP contribution in [0.1, 0.15) is 24.7 Å². The molecule has 2 unspecified atom stereocenters. The fraction of sp³-hybridized carbons (Fsp3) is 0.391. The molecule has 3 rings (SSSR count). The lowest BCUT2D eigenvalue weighted by Crippen LogP contribution is -2.45. The van der Waals surface area contributed by atoms with Gasteiger partial charge in [-0.15, -0.1) is 11.8 Å². The lowest BCUT2D eigenvalue weighted by molar-refractivity contribution is -0.152. The van der Waals surface area contributed by atoms with E-state index in [9.17, 15) is 9.59 Å². The number of carbonyl (C=O) groups excluding carboxylic acids is 2. The zero-order valence-corrected chi connectivity index (χ0v) is 19.7. The van der Waals surface area contributed by atoms with Gasteiger partial charge in [0.25, 0.3) is 5.91 Å². The van der Waals surface area contributed by atoms with Crippen molar-refractivity contribution < 1.29 is 19.1 Å². The molecule has 2 atom stereocenters. The molecule has 6 nitrogen and oxygen atoms in total. The topological polar surface area (TPSA) is 59.1 Å². The molecule has 1 amide bonds. The van der Waals surface area contributed by atoms with Crippen LogP contribution in [0.15, 0.2) is 47.4 Å². The molecule has 1 aliphatic rings. The van der Waals surface area contributed by atoms with E-state index in [4.69, 9.17) is 21.1 Å². The molecule has 0 spiro atoms. The average Bonchev–Trinajstić information content (AvgIpc) is 2.86. The van der Waals surface area contributed by atoms with Crippen molar-refractivity contribution in [1.29, 1.82) is 0 Å². The van der Waals surface area contributed by atoms with E-state index in [1.54, 1.807) is 18.1 Å². The van der Waals surface area contributed by atoms with E-state index in [0.29, 0.717) is 23.9 Å². The summed E-state index contributed by atoms with van der Waals surface area (Å²) in [5.41, 5.74) is 1.64. The number of likely N-dealkylation sites (N-methyl/N-ethyl adjacent to an activating group) is 1. The normalized spacial score (nSPS) is 18.5. The first-order valence-corrected chi connectivity index (χ1v) is 11.4. The van der Waals surface area contributed by atoms with Gasteiger partial charge < -0.3 is 19.3 Å². The highest BCUT2D eigenvalue weighted by atomic mass is 35.5. The SMILES string of the molecule is CCN(C)CCN1C(=O)C(OC(C)=O)C(c2ccc(OC)cc2)Sc2cc(Cl)ccc21. The van der Waals surface area contributed by atoms with Gasteiger partial charge in [-0.05, 0) is 49.5 Å². The van der Waals surface area contributed by atoms with Crippen LogP contribution >= 0.6 is 23.4 Å². The zero-order valence-electron chi connectivity index (χ0n) is 18.1. The Hall–Kier alpha value is -2.22. The number of thioether (sulfide) groups is 1. The maximum absolute atomic E-state index is 13.7. The summed E-state index contributed by atoms with van der Waals surface area (Å²) < 4.78 is 10.9. The molecule has 31 heavy (non-hydrogen) atoms. The third-order valence-electron chi connectivity index (χ3n) is 5.23. The van der Waals surface area contributed by atoms with Crippen molar-refractivity contribution >= 4 is 40.9 Å². The summed E-state index contributed by atoms with van der Waals surface area (Å²) >= 11 is 7.77. The number of halogens is 1. The van der Waals surface area contributed by atoms with Gasteiger partial charge in [0.05, 0.1) is 18.0 Å². The smallest absolute Gasteiger partial charge is 0.303 e. The number of methoxy groups -OCH3 is 1. The number of fused-ring (bicyclic) bond motifs is 1. The number of amides is 1. The van der Waals surface area contributed by atoms with E-state index in [0.717, 1.165) is 22.7 Å². The Morgan fingerprint density at radius 2 is 1.94 bits per heavy atom. The van der Waals surface area contributed by atoms with Crippen LogP contribution in [0.3, 0.4) is 0 Å². The number of rotatable bonds is 7. The van der Waals surface area contributed by atoms with E-state index >= 15 is 0 Å². The number of carbonyl (C=O) groups is 2. The van der Waals surface area contributed by atoms with Crippen LogP contribution in [0.5, 0.6) is 5.75 Å². The molecular formula is C23H27ClN2O4S. The largest absolute Gasteiger partial charge is 0.497 e. The minimum Gasteiger partial charge on any atom is -0.497 e. The minimum absolute atomic E-state index is 0.242. The van der Waals surface area contributed by atoms with Crippen molar-refractivity contribution in [3.63, 3.8) is 0 Å². The second-order valence-corrected chi connectivity index (χ2v) is 8.96. The Labute approximate surface area is 192 Å². The molecule has 0 radical (unpaired) electrons. The fourth-order valence-corrected chi connectivity index (χ4v) is 4.99. The van der Waals surface area contributed by atoms with E-state index in [1.165, 1.54) is 18.7 Å². The number of esters is 1. The number of ether oxygens (including phenoxy) is 2. The van der Waals surface area contributed by atoms with Gasteiger partial charge in [0, 0.05) is 29.9 Å². The molecule has 1 heterocycles. The monoisotopic (exact) mass is 462 g/mol. The van der Waals surface area contributed by atoms with Crippen LogP contribution in [0.2, 0.25) is 5.02 Å². The molecule has 0 saturated carbocycles. The Morgan fingerprint density at radius 3 is 2.55 bits per heavy atom. The molecule has 2 aromatic rings. The Kier molecular flexibility index (Phi) is 7.86. The number of hydrogen-bond donors (Lipinski definition) is 0. The molecule has 2 aromatic carbocycles. The summed E-state index contributed by atoms with van der Waals surface area (Å²) in [4.78, 5) is 30.3. The van der Waals surface area contributed by atoms with E-state index < -0.39 is 17.3 Å². The van der Waals surface area contributed by atoms with Crippen molar-refractivity contribution in [1.82, 2.24) is 4.90 Å². The second kappa shape index (κ2) is 10.4. The molecule has 0 aromatic heterocycles. The highest BCUT2D eigenvalue weighted by Gasteiger charge is 2.40. The lowest BCUT2D eigenvalue weighted by Gasteiger charge is -2.29. The first-order chi connectivity index (χ1) is 14.8. The Morgan fingerprint density at radius 1 is 1.23 bits per heavy atom. The highest BCUT2D eigenvalue weighted by Crippen LogP contribution is 2.47. The average molecular weight is 463 g/mol. The Balaban J connectivity index is 2.07. The predicted octanol–water partition coefficient (Wildman–Crippen LogP) is 4.41. The van der Waals surface area contributed by atoms with Crippen molar-refractivity contribution in [2.24, 2.45) is 0 Å². The van der Waals surface area contributed by atoms with Crippen molar-refractivity contribution in [2.45, 2.75) is 30.1 Å². The van der Waals surface area contributed by atoms with Crippen LogP contribution in [0.25, 0.3) is 0 Å². The highest BCUT2D eigenvalue weighted by molar-refractivity contribution is 7.99.